The highest BCUT2D eigenvalue weighted by Gasteiger charge is 2.30. The third kappa shape index (κ3) is 3.97. The zero-order valence-corrected chi connectivity index (χ0v) is 13.7. The Morgan fingerprint density at radius 3 is 2.62 bits per heavy atom. The Labute approximate surface area is 139 Å². The number of fused-ring (bicyclic) bond motifs is 1. The zero-order valence-electron chi connectivity index (χ0n) is 12.9. The molecule has 1 fully saturated rings. The number of hydrogen-bond acceptors (Lipinski definition) is 6. The number of carbonyl (C=O) groups is 2. The molecule has 2 N–H and O–H groups in total. The summed E-state index contributed by atoms with van der Waals surface area (Å²) >= 11 is 0. The molecule has 1 aromatic rings. The molecule has 8 nitrogen and oxygen atoms in total. The van der Waals surface area contributed by atoms with E-state index in [1.807, 2.05) is 0 Å². The van der Waals surface area contributed by atoms with Crippen molar-refractivity contribution < 1.29 is 27.5 Å². The van der Waals surface area contributed by atoms with Crippen LogP contribution in [0.25, 0.3) is 0 Å². The van der Waals surface area contributed by atoms with Crippen molar-refractivity contribution in [1.29, 1.82) is 0 Å². The number of amides is 2. The van der Waals surface area contributed by atoms with Gasteiger partial charge in [0.1, 0.15) is 6.61 Å². The van der Waals surface area contributed by atoms with Crippen LogP contribution in [0.1, 0.15) is 12.8 Å². The SMILES string of the molecule is O=C(C[C@@H]1CCS(=O)(=O)C1)NNC(=O)[C@H]1COc2ccccc2O1. The first-order valence-electron chi connectivity index (χ1n) is 7.60. The zero-order chi connectivity index (χ0) is 17.2. The highest BCUT2D eigenvalue weighted by Crippen LogP contribution is 2.30. The Hall–Kier alpha value is -2.29. The van der Waals surface area contributed by atoms with Crippen LogP contribution in [0, 0.1) is 5.92 Å². The highest BCUT2D eigenvalue weighted by atomic mass is 32.2. The van der Waals surface area contributed by atoms with E-state index in [1.165, 1.54) is 0 Å². The van der Waals surface area contributed by atoms with Crippen LogP contribution >= 0.6 is 0 Å². The van der Waals surface area contributed by atoms with Crippen molar-refractivity contribution in [3.63, 3.8) is 0 Å². The van der Waals surface area contributed by atoms with Crippen molar-refractivity contribution >= 4 is 21.7 Å². The lowest BCUT2D eigenvalue weighted by Crippen LogP contribution is -2.51. The molecule has 0 aliphatic carbocycles. The maximum absolute atomic E-state index is 12.0. The minimum atomic E-state index is -3.02. The van der Waals surface area contributed by atoms with E-state index in [-0.39, 0.29) is 30.5 Å². The van der Waals surface area contributed by atoms with Gasteiger partial charge in [-0.1, -0.05) is 12.1 Å². The van der Waals surface area contributed by atoms with Crippen molar-refractivity contribution in [2.45, 2.75) is 18.9 Å². The normalized spacial score (nSPS) is 24.2. The fraction of sp³-hybridized carbons (Fsp3) is 0.467. The third-order valence-electron chi connectivity index (χ3n) is 3.93. The Morgan fingerprint density at radius 1 is 1.17 bits per heavy atom. The second kappa shape index (κ2) is 6.68. The van der Waals surface area contributed by atoms with Gasteiger partial charge in [-0.2, -0.15) is 0 Å². The van der Waals surface area contributed by atoms with E-state index in [1.54, 1.807) is 24.3 Å². The summed E-state index contributed by atoms with van der Waals surface area (Å²) in [6.45, 7) is 0.0413. The molecule has 1 saturated heterocycles. The van der Waals surface area contributed by atoms with Gasteiger partial charge in [-0.25, -0.2) is 8.42 Å². The summed E-state index contributed by atoms with van der Waals surface area (Å²) in [6, 6.07) is 6.99. The van der Waals surface area contributed by atoms with Crippen molar-refractivity contribution in [3.05, 3.63) is 24.3 Å². The van der Waals surface area contributed by atoms with E-state index in [2.05, 4.69) is 10.9 Å². The second-order valence-corrected chi connectivity index (χ2v) is 8.10. The van der Waals surface area contributed by atoms with E-state index in [0.717, 1.165) is 0 Å². The first-order valence-corrected chi connectivity index (χ1v) is 9.43. The molecule has 2 atom stereocenters. The molecule has 3 rings (SSSR count). The molecule has 24 heavy (non-hydrogen) atoms. The molecule has 0 aromatic heterocycles. The van der Waals surface area contributed by atoms with Gasteiger partial charge < -0.3 is 9.47 Å². The summed E-state index contributed by atoms with van der Waals surface area (Å²) in [5.74, 6) is 0.00116. The summed E-state index contributed by atoms with van der Waals surface area (Å²) in [7, 11) is -3.02. The summed E-state index contributed by atoms with van der Waals surface area (Å²) in [5, 5.41) is 0. The standard InChI is InChI=1S/C15H18N2O6S/c18-14(7-10-5-6-24(20,21)9-10)16-17-15(19)13-8-22-11-3-1-2-4-12(11)23-13/h1-4,10,13H,5-9H2,(H,16,18)(H,17,19)/t10-,13+/m0/s1. The van der Waals surface area contributed by atoms with Crippen LogP contribution in [-0.4, -0.2) is 44.4 Å². The van der Waals surface area contributed by atoms with Crippen LogP contribution < -0.4 is 20.3 Å². The molecule has 130 valence electrons. The molecule has 2 aliphatic rings. The molecule has 0 saturated carbocycles. The van der Waals surface area contributed by atoms with Crippen LogP contribution in [-0.2, 0) is 19.4 Å². The lowest BCUT2D eigenvalue weighted by molar-refractivity contribution is -0.135. The largest absolute Gasteiger partial charge is 0.485 e. The molecular formula is C15H18N2O6S. The Balaban J connectivity index is 1.45. The van der Waals surface area contributed by atoms with Crippen molar-refractivity contribution in [3.8, 4) is 11.5 Å². The lowest BCUT2D eigenvalue weighted by Gasteiger charge is -2.25. The van der Waals surface area contributed by atoms with Crippen LogP contribution in [0.2, 0.25) is 0 Å². The van der Waals surface area contributed by atoms with Gasteiger partial charge in [-0.15, -0.1) is 0 Å². The van der Waals surface area contributed by atoms with Gasteiger partial charge in [0, 0.05) is 6.42 Å². The van der Waals surface area contributed by atoms with E-state index in [9.17, 15) is 18.0 Å². The number of rotatable bonds is 3. The van der Waals surface area contributed by atoms with Gasteiger partial charge in [0.25, 0.3) is 5.91 Å². The smallest absolute Gasteiger partial charge is 0.283 e. The van der Waals surface area contributed by atoms with E-state index in [0.29, 0.717) is 17.9 Å². The predicted molar refractivity (Wildman–Crippen MR) is 84.0 cm³/mol. The fourth-order valence-corrected chi connectivity index (χ4v) is 4.57. The van der Waals surface area contributed by atoms with Gasteiger partial charge in [0.05, 0.1) is 11.5 Å². The molecule has 0 unspecified atom stereocenters. The molecule has 0 bridgehead atoms. The van der Waals surface area contributed by atoms with Gasteiger partial charge >= 0.3 is 0 Å². The maximum atomic E-state index is 12.0. The van der Waals surface area contributed by atoms with Crippen LogP contribution in [0.4, 0.5) is 0 Å². The quantitative estimate of drug-likeness (QED) is 0.727. The fourth-order valence-electron chi connectivity index (χ4n) is 2.71. The molecule has 0 spiro atoms. The molecule has 2 amide bonds. The third-order valence-corrected chi connectivity index (χ3v) is 5.76. The minimum Gasteiger partial charge on any atom is -0.485 e. The molecule has 2 aliphatic heterocycles. The van der Waals surface area contributed by atoms with Gasteiger partial charge in [-0.05, 0) is 24.5 Å². The monoisotopic (exact) mass is 354 g/mol. The molecule has 9 heteroatoms. The Morgan fingerprint density at radius 2 is 1.92 bits per heavy atom. The minimum absolute atomic E-state index is 0.0186. The van der Waals surface area contributed by atoms with Crippen LogP contribution in [0.5, 0.6) is 11.5 Å². The summed E-state index contributed by atoms with van der Waals surface area (Å²) in [4.78, 5) is 23.8. The second-order valence-electron chi connectivity index (χ2n) is 5.87. The number of hydrazine groups is 1. The van der Waals surface area contributed by atoms with Crippen molar-refractivity contribution in [2.75, 3.05) is 18.1 Å². The van der Waals surface area contributed by atoms with E-state index >= 15 is 0 Å². The number of sulfone groups is 1. The van der Waals surface area contributed by atoms with Crippen LogP contribution in [0.3, 0.4) is 0 Å². The Kier molecular flexibility index (Phi) is 4.61. The first-order chi connectivity index (χ1) is 11.4. The predicted octanol–water partition coefficient (Wildman–Crippen LogP) is -0.201. The van der Waals surface area contributed by atoms with Crippen molar-refractivity contribution in [2.24, 2.45) is 5.92 Å². The van der Waals surface area contributed by atoms with E-state index in [4.69, 9.17) is 9.47 Å². The van der Waals surface area contributed by atoms with E-state index < -0.39 is 27.8 Å². The van der Waals surface area contributed by atoms with Gasteiger partial charge in [-0.3, -0.25) is 20.4 Å². The number of benzene rings is 1. The number of nitrogens with one attached hydrogen (secondary N) is 2. The molecule has 2 heterocycles. The topological polar surface area (TPSA) is 111 Å². The Bertz CT molecular complexity index is 748. The number of hydrogen-bond donors (Lipinski definition) is 2. The number of ether oxygens (including phenoxy) is 2. The lowest BCUT2D eigenvalue weighted by atomic mass is 10.1. The first kappa shape index (κ1) is 16.6. The molecule has 0 radical (unpaired) electrons. The highest BCUT2D eigenvalue weighted by molar-refractivity contribution is 7.91. The summed E-state index contributed by atoms with van der Waals surface area (Å²) in [5.41, 5.74) is 4.57. The number of para-hydroxylation sites is 2. The molecular weight excluding hydrogens is 336 g/mol. The van der Waals surface area contributed by atoms with Gasteiger partial charge in [0.2, 0.25) is 12.0 Å². The molecule has 1 aromatic carbocycles. The summed E-state index contributed by atoms with van der Waals surface area (Å²) in [6.07, 6.45) is -0.336. The maximum Gasteiger partial charge on any atom is 0.283 e. The average molecular weight is 354 g/mol. The van der Waals surface area contributed by atoms with Crippen molar-refractivity contribution in [1.82, 2.24) is 10.9 Å². The number of carbonyl (C=O) groups excluding carboxylic acids is 2. The average Bonchev–Trinajstić information content (AvgIpc) is 2.90. The van der Waals surface area contributed by atoms with Gasteiger partial charge in [0.15, 0.2) is 21.3 Å². The van der Waals surface area contributed by atoms with Crippen LogP contribution in [0.15, 0.2) is 24.3 Å². The summed E-state index contributed by atoms with van der Waals surface area (Å²) < 4.78 is 33.7.